The molecule has 0 atom stereocenters. The fourth-order valence-electron chi connectivity index (χ4n) is 3.50. The second kappa shape index (κ2) is 16.2. The molecule has 0 radical (unpaired) electrons. The Morgan fingerprint density at radius 1 is 0.821 bits per heavy atom. The van der Waals surface area contributed by atoms with Crippen molar-refractivity contribution in [2.24, 2.45) is 0 Å². The van der Waals surface area contributed by atoms with Gasteiger partial charge in [-0.25, -0.2) is 4.79 Å². The molecule has 0 saturated carbocycles. The van der Waals surface area contributed by atoms with Crippen molar-refractivity contribution in [3.8, 4) is 5.75 Å². The molecule has 0 bridgehead atoms. The van der Waals surface area contributed by atoms with Crippen LogP contribution >= 0.6 is 0 Å². The zero-order chi connectivity index (χ0) is 20.5. The van der Waals surface area contributed by atoms with Gasteiger partial charge in [-0.2, -0.15) is 0 Å². The first kappa shape index (κ1) is 24.3. The van der Waals surface area contributed by atoms with Crippen molar-refractivity contribution >= 4 is 12.0 Å². The first-order chi connectivity index (χ1) is 13.6. The normalized spacial score (nSPS) is 11.3. The van der Waals surface area contributed by atoms with Crippen LogP contribution in [0.3, 0.4) is 0 Å². The number of hydrogen-bond donors (Lipinski definition) is 2. The zero-order valence-electron chi connectivity index (χ0n) is 17.8. The van der Waals surface area contributed by atoms with Crippen molar-refractivity contribution in [3.63, 3.8) is 0 Å². The van der Waals surface area contributed by atoms with E-state index in [1.54, 1.807) is 6.07 Å². The molecular weight excluding hydrogens is 348 g/mol. The number of aromatic hydroxyl groups is 1. The number of benzene rings is 1. The van der Waals surface area contributed by atoms with Gasteiger partial charge in [0, 0.05) is 0 Å². The van der Waals surface area contributed by atoms with Crippen LogP contribution in [-0.2, 0) is 0 Å². The molecule has 28 heavy (non-hydrogen) atoms. The van der Waals surface area contributed by atoms with Gasteiger partial charge in [0.15, 0.2) is 0 Å². The van der Waals surface area contributed by atoms with Crippen LogP contribution in [-0.4, -0.2) is 16.2 Å². The van der Waals surface area contributed by atoms with Gasteiger partial charge in [0.1, 0.15) is 11.3 Å². The minimum Gasteiger partial charge on any atom is -0.507 e. The molecule has 3 nitrogen and oxygen atoms in total. The van der Waals surface area contributed by atoms with Gasteiger partial charge in [0.25, 0.3) is 0 Å². The lowest BCUT2D eigenvalue weighted by atomic mass is 10.0. The maximum absolute atomic E-state index is 11.0. The highest BCUT2D eigenvalue weighted by atomic mass is 16.4. The summed E-state index contributed by atoms with van der Waals surface area (Å²) in [5, 5.41) is 18.5. The van der Waals surface area contributed by atoms with Crippen LogP contribution in [0.4, 0.5) is 0 Å². The van der Waals surface area contributed by atoms with E-state index in [0.717, 1.165) is 12.0 Å². The number of carboxylic acids is 1. The van der Waals surface area contributed by atoms with E-state index in [9.17, 15) is 9.90 Å². The summed E-state index contributed by atoms with van der Waals surface area (Å²) in [6.07, 6.45) is 24.2. The summed E-state index contributed by atoms with van der Waals surface area (Å²) in [4.78, 5) is 11.0. The molecule has 0 aromatic heterocycles. The smallest absolute Gasteiger partial charge is 0.339 e. The van der Waals surface area contributed by atoms with Crippen molar-refractivity contribution in [1.82, 2.24) is 0 Å². The molecule has 0 heterocycles. The molecule has 158 valence electrons. The van der Waals surface area contributed by atoms with Gasteiger partial charge in [0.05, 0.1) is 0 Å². The average Bonchev–Trinajstić information content (AvgIpc) is 2.68. The molecule has 0 saturated heterocycles. The number of unbranched alkanes of at least 4 members (excludes halogenated alkanes) is 14. The van der Waals surface area contributed by atoms with Crippen molar-refractivity contribution in [3.05, 3.63) is 35.4 Å². The minimum atomic E-state index is -1.10. The summed E-state index contributed by atoms with van der Waals surface area (Å²) in [6.45, 7) is 2.27. The fourth-order valence-corrected chi connectivity index (χ4v) is 3.50. The highest BCUT2D eigenvalue weighted by molar-refractivity contribution is 5.91. The van der Waals surface area contributed by atoms with Crippen LogP contribution in [0, 0.1) is 0 Å². The molecule has 0 unspecified atom stereocenters. The van der Waals surface area contributed by atoms with Gasteiger partial charge in [-0.1, -0.05) is 109 Å². The summed E-state index contributed by atoms with van der Waals surface area (Å²) in [6, 6.07) is 4.69. The predicted octanol–water partition coefficient (Wildman–Crippen LogP) is 7.98. The summed E-state index contributed by atoms with van der Waals surface area (Å²) in [5.74, 6) is -1.28. The highest BCUT2D eigenvalue weighted by Gasteiger charge is 2.08. The third-order valence-corrected chi connectivity index (χ3v) is 5.29. The van der Waals surface area contributed by atoms with Gasteiger partial charge in [0.2, 0.25) is 0 Å². The molecule has 0 aliphatic carbocycles. The molecular formula is C25H40O3. The van der Waals surface area contributed by atoms with Crippen LogP contribution in [0.5, 0.6) is 5.75 Å². The lowest BCUT2D eigenvalue weighted by Crippen LogP contribution is -1.96. The van der Waals surface area contributed by atoms with Crippen molar-refractivity contribution in [1.29, 1.82) is 0 Å². The number of rotatable bonds is 17. The fraction of sp³-hybridized carbons (Fsp3) is 0.640. The summed E-state index contributed by atoms with van der Waals surface area (Å²) in [7, 11) is 0. The second-order valence-electron chi connectivity index (χ2n) is 7.87. The number of aromatic carboxylic acids is 1. The van der Waals surface area contributed by atoms with Crippen molar-refractivity contribution in [2.45, 2.75) is 103 Å². The Balaban J connectivity index is 1.95. The summed E-state index contributed by atoms with van der Waals surface area (Å²) in [5.41, 5.74) is 0.777. The van der Waals surface area contributed by atoms with Gasteiger partial charge in [-0.05, 0) is 30.5 Å². The predicted molar refractivity (Wildman–Crippen MR) is 119 cm³/mol. The molecule has 0 spiro atoms. The molecule has 0 amide bonds. The Labute approximate surface area is 171 Å². The number of allylic oxidation sites excluding steroid dienone is 1. The molecule has 0 aliphatic rings. The Hall–Kier alpha value is -1.77. The van der Waals surface area contributed by atoms with Crippen LogP contribution < -0.4 is 0 Å². The van der Waals surface area contributed by atoms with Crippen LogP contribution in [0.15, 0.2) is 24.3 Å². The van der Waals surface area contributed by atoms with E-state index in [1.165, 1.54) is 102 Å². The van der Waals surface area contributed by atoms with Gasteiger partial charge < -0.3 is 10.2 Å². The molecule has 2 N–H and O–H groups in total. The lowest BCUT2D eigenvalue weighted by molar-refractivity contribution is 0.0693. The number of hydrogen-bond acceptors (Lipinski definition) is 2. The Morgan fingerprint density at radius 2 is 1.32 bits per heavy atom. The highest BCUT2D eigenvalue weighted by Crippen LogP contribution is 2.19. The van der Waals surface area contributed by atoms with Crippen molar-refractivity contribution in [2.75, 3.05) is 0 Å². The number of carboxylic acid groups (broad SMARTS) is 1. The number of carbonyl (C=O) groups is 1. The van der Waals surface area contributed by atoms with E-state index in [1.807, 2.05) is 6.08 Å². The average molecular weight is 389 g/mol. The molecule has 1 aromatic rings. The summed E-state index contributed by atoms with van der Waals surface area (Å²) >= 11 is 0. The minimum absolute atomic E-state index is 0.0429. The van der Waals surface area contributed by atoms with Gasteiger partial charge >= 0.3 is 5.97 Å². The Bertz CT molecular complexity index is 563. The Morgan fingerprint density at radius 3 is 1.82 bits per heavy atom. The molecule has 1 rings (SSSR count). The molecule has 0 fully saturated rings. The van der Waals surface area contributed by atoms with Crippen molar-refractivity contribution < 1.29 is 15.0 Å². The van der Waals surface area contributed by atoms with Gasteiger partial charge in [-0.15, -0.1) is 0 Å². The molecule has 0 aliphatic heterocycles. The molecule has 3 heteroatoms. The maximum atomic E-state index is 11.0. The van der Waals surface area contributed by atoms with Gasteiger partial charge in [-0.3, -0.25) is 0 Å². The first-order valence-corrected chi connectivity index (χ1v) is 11.4. The second-order valence-corrected chi connectivity index (χ2v) is 7.87. The SMILES string of the molecule is CCCCCCCCCCCCCCCCC=Cc1ccc(O)c(C(=O)O)c1. The maximum Gasteiger partial charge on any atom is 0.339 e. The third-order valence-electron chi connectivity index (χ3n) is 5.29. The third kappa shape index (κ3) is 11.8. The van der Waals surface area contributed by atoms with E-state index in [2.05, 4.69) is 13.0 Å². The topological polar surface area (TPSA) is 57.5 Å². The number of phenols is 1. The lowest BCUT2D eigenvalue weighted by Gasteiger charge is -2.03. The Kier molecular flexibility index (Phi) is 14.0. The first-order valence-electron chi connectivity index (χ1n) is 11.4. The van der Waals surface area contributed by atoms with E-state index in [-0.39, 0.29) is 11.3 Å². The van der Waals surface area contributed by atoms with E-state index in [0.29, 0.717) is 0 Å². The van der Waals surface area contributed by atoms with E-state index < -0.39 is 5.97 Å². The quantitative estimate of drug-likeness (QED) is 0.266. The van der Waals surface area contributed by atoms with Crippen LogP contribution in [0.1, 0.15) is 119 Å². The van der Waals surface area contributed by atoms with Crippen LogP contribution in [0.25, 0.3) is 6.08 Å². The standard InChI is InChI=1S/C25H40O3/c1-2-3-4-5-6-7-8-9-10-11-12-13-14-15-16-17-18-22-19-20-24(26)23(21-22)25(27)28/h17-21,26H,2-16H2,1H3,(H,27,28). The summed E-state index contributed by atoms with van der Waals surface area (Å²) < 4.78 is 0. The van der Waals surface area contributed by atoms with E-state index in [4.69, 9.17) is 5.11 Å². The van der Waals surface area contributed by atoms with E-state index >= 15 is 0 Å². The monoisotopic (exact) mass is 388 g/mol. The molecule has 1 aromatic carbocycles. The largest absolute Gasteiger partial charge is 0.507 e. The van der Waals surface area contributed by atoms with Crippen LogP contribution in [0.2, 0.25) is 0 Å². The zero-order valence-corrected chi connectivity index (χ0v) is 17.8.